The Morgan fingerprint density at radius 3 is 2.16 bits per heavy atom. The van der Waals surface area contributed by atoms with Crippen LogP contribution in [0.5, 0.6) is 0 Å². The van der Waals surface area contributed by atoms with Crippen molar-refractivity contribution >= 4 is 28.3 Å². The Morgan fingerprint density at radius 1 is 0.774 bits per heavy atom. The minimum atomic E-state index is -0.999. The van der Waals surface area contributed by atoms with E-state index in [1.54, 1.807) is 18.2 Å². The number of amides is 1. The Kier molecular flexibility index (Phi) is 5.54. The lowest BCUT2D eigenvalue weighted by molar-refractivity contribution is 0.0696. The molecule has 31 heavy (non-hydrogen) atoms. The first kappa shape index (κ1) is 20.4. The van der Waals surface area contributed by atoms with Crippen molar-refractivity contribution in [1.29, 1.82) is 0 Å². The standard InChI is InChI=1S/C27H23NO3/c1-17(2)22-7-3-4-8-23(22)24-9-5-6-18-10-11-20(16-25(18)24)26(29)28-21-14-12-19(13-15-21)27(30)31/h3-17H,1-2H3,(H,28,29)(H,30,31). The van der Waals surface area contributed by atoms with Crippen LogP contribution in [0.15, 0.2) is 84.9 Å². The predicted molar refractivity (Wildman–Crippen MR) is 125 cm³/mol. The Hall–Kier alpha value is -3.92. The smallest absolute Gasteiger partial charge is 0.335 e. The van der Waals surface area contributed by atoms with E-state index < -0.39 is 5.97 Å². The molecule has 0 aromatic heterocycles. The van der Waals surface area contributed by atoms with Crippen LogP contribution in [-0.4, -0.2) is 17.0 Å². The number of hydrogen-bond acceptors (Lipinski definition) is 2. The molecule has 0 saturated carbocycles. The summed E-state index contributed by atoms with van der Waals surface area (Å²) in [6.07, 6.45) is 0. The first-order valence-electron chi connectivity index (χ1n) is 10.2. The van der Waals surface area contributed by atoms with Crippen LogP contribution in [0, 0.1) is 0 Å². The number of carbonyl (C=O) groups excluding carboxylic acids is 1. The number of fused-ring (bicyclic) bond motifs is 1. The highest BCUT2D eigenvalue weighted by Crippen LogP contribution is 2.34. The third kappa shape index (κ3) is 4.19. The number of rotatable bonds is 5. The van der Waals surface area contributed by atoms with Gasteiger partial charge in [0.15, 0.2) is 0 Å². The van der Waals surface area contributed by atoms with Crippen molar-refractivity contribution in [3.8, 4) is 11.1 Å². The van der Waals surface area contributed by atoms with Crippen LogP contribution in [0.2, 0.25) is 0 Å². The lowest BCUT2D eigenvalue weighted by Crippen LogP contribution is -2.12. The highest BCUT2D eigenvalue weighted by atomic mass is 16.4. The van der Waals surface area contributed by atoms with Crippen LogP contribution in [0.4, 0.5) is 5.69 Å². The van der Waals surface area contributed by atoms with Gasteiger partial charge in [-0.25, -0.2) is 4.79 Å². The summed E-state index contributed by atoms with van der Waals surface area (Å²) < 4.78 is 0. The molecule has 0 aliphatic carbocycles. The Bertz CT molecular complexity index is 1270. The number of carboxylic acids is 1. The van der Waals surface area contributed by atoms with Crippen molar-refractivity contribution < 1.29 is 14.7 Å². The monoisotopic (exact) mass is 409 g/mol. The van der Waals surface area contributed by atoms with Crippen molar-refractivity contribution in [2.45, 2.75) is 19.8 Å². The van der Waals surface area contributed by atoms with Crippen LogP contribution < -0.4 is 5.32 Å². The van der Waals surface area contributed by atoms with Crippen LogP contribution in [0.1, 0.15) is 46.0 Å². The molecule has 0 fully saturated rings. The van der Waals surface area contributed by atoms with Crippen molar-refractivity contribution in [1.82, 2.24) is 0 Å². The normalized spacial score (nSPS) is 10.9. The topological polar surface area (TPSA) is 66.4 Å². The molecule has 0 bridgehead atoms. The average Bonchev–Trinajstić information content (AvgIpc) is 2.78. The highest BCUT2D eigenvalue weighted by molar-refractivity contribution is 6.08. The highest BCUT2D eigenvalue weighted by Gasteiger charge is 2.13. The maximum absolute atomic E-state index is 12.9. The van der Waals surface area contributed by atoms with Crippen LogP contribution in [0.3, 0.4) is 0 Å². The number of anilines is 1. The fourth-order valence-electron chi connectivity index (χ4n) is 3.79. The fourth-order valence-corrected chi connectivity index (χ4v) is 3.79. The van der Waals surface area contributed by atoms with Crippen molar-refractivity contribution in [3.63, 3.8) is 0 Å². The molecule has 0 radical (unpaired) electrons. The molecule has 4 nitrogen and oxygen atoms in total. The van der Waals surface area contributed by atoms with E-state index in [2.05, 4.69) is 43.4 Å². The molecule has 0 unspecified atom stereocenters. The van der Waals surface area contributed by atoms with Crippen molar-refractivity contribution in [3.05, 3.63) is 102 Å². The van der Waals surface area contributed by atoms with Gasteiger partial charge in [-0.05, 0) is 69.8 Å². The molecule has 4 rings (SSSR count). The van der Waals surface area contributed by atoms with Gasteiger partial charge in [0, 0.05) is 11.3 Å². The van der Waals surface area contributed by atoms with E-state index in [0.29, 0.717) is 17.2 Å². The van der Waals surface area contributed by atoms with Crippen LogP contribution in [-0.2, 0) is 0 Å². The number of carboxylic acid groups (broad SMARTS) is 1. The molecule has 4 aromatic carbocycles. The summed E-state index contributed by atoms with van der Waals surface area (Å²) in [5.74, 6) is -0.856. The number of benzene rings is 4. The molecule has 0 aliphatic heterocycles. The number of aromatic carboxylic acids is 1. The fraction of sp³-hybridized carbons (Fsp3) is 0.111. The summed E-state index contributed by atoms with van der Waals surface area (Å²) >= 11 is 0. The van der Waals surface area contributed by atoms with Gasteiger partial charge in [0.25, 0.3) is 5.91 Å². The molecule has 0 heterocycles. The van der Waals surface area contributed by atoms with Gasteiger partial charge >= 0.3 is 5.97 Å². The summed E-state index contributed by atoms with van der Waals surface area (Å²) in [5, 5.41) is 14.0. The molecule has 154 valence electrons. The molecule has 1 amide bonds. The molecule has 0 atom stereocenters. The third-order valence-corrected chi connectivity index (χ3v) is 5.41. The summed E-state index contributed by atoms with van der Waals surface area (Å²) in [5.41, 5.74) is 4.81. The number of carbonyl (C=O) groups is 2. The van der Waals surface area contributed by atoms with E-state index in [1.807, 2.05) is 30.3 Å². The lowest BCUT2D eigenvalue weighted by Gasteiger charge is -2.15. The van der Waals surface area contributed by atoms with E-state index in [4.69, 9.17) is 5.11 Å². The van der Waals surface area contributed by atoms with E-state index in [-0.39, 0.29) is 11.5 Å². The Labute approximate surface area is 181 Å². The SMILES string of the molecule is CC(C)c1ccccc1-c1cccc2ccc(C(=O)Nc3ccc(C(=O)O)cc3)cc12. The molecule has 2 N–H and O–H groups in total. The van der Waals surface area contributed by atoms with Crippen LogP contribution in [0.25, 0.3) is 21.9 Å². The van der Waals surface area contributed by atoms with E-state index in [1.165, 1.54) is 23.3 Å². The molecule has 0 spiro atoms. The van der Waals surface area contributed by atoms with Gasteiger partial charge < -0.3 is 10.4 Å². The summed E-state index contributed by atoms with van der Waals surface area (Å²) in [6, 6.07) is 26.4. The van der Waals surface area contributed by atoms with E-state index in [9.17, 15) is 9.59 Å². The zero-order valence-corrected chi connectivity index (χ0v) is 17.4. The Morgan fingerprint density at radius 2 is 1.45 bits per heavy atom. The lowest BCUT2D eigenvalue weighted by atomic mass is 9.89. The minimum Gasteiger partial charge on any atom is -0.478 e. The largest absolute Gasteiger partial charge is 0.478 e. The second-order valence-electron chi connectivity index (χ2n) is 7.82. The zero-order chi connectivity index (χ0) is 22.0. The molecule has 0 aliphatic rings. The van der Waals surface area contributed by atoms with Gasteiger partial charge in [-0.3, -0.25) is 4.79 Å². The van der Waals surface area contributed by atoms with Gasteiger partial charge in [-0.15, -0.1) is 0 Å². The summed E-state index contributed by atoms with van der Waals surface area (Å²) in [7, 11) is 0. The first-order valence-corrected chi connectivity index (χ1v) is 10.2. The molecule has 0 saturated heterocycles. The van der Waals surface area contributed by atoms with Crippen molar-refractivity contribution in [2.24, 2.45) is 0 Å². The van der Waals surface area contributed by atoms with Crippen LogP contribution >= 0.6 is 0 Å². The third-order valence-electron chi connectivity index (χ3n) is 5.41. The van der Waals surface area contributed by atoms with E-state index in [0.717, 1.165) is 16.3 Å². The van der Waals surface area contributed by atoms with Gasteiger partial charge in [0.05, 0.1) is 5.56 Å². The maximum Gasteiger partial charge on any atom is 0.335 e. The molecule has 4 heteroatoms. The van der Waals surface area contributed by atoms with Crippen molar-refractivity contribution in [2.75, 3.05) is 5.32 Å². The Balaban J connectivity index is 1.72. The number of hydrogen-bond donors (Lipinski definition) is 2. The summed E-state index contributed by atoms with van der Waals surface area (Å²) in [6.45, 7) is 4.36. The van der Waals surface area contributed by atoms with Gasteiger partial charge in [0.1, 0.15) is 0 Å². The average molecular weight is 409 g/mol. The molecular weight excluding hydrogens is 386 g/mol. The maximum atomic E-state index is 12.9. The van der Waals surface area contributed by atoms with Gasteiger partial charge in [0.2, 0.25) is 0 Å². The molecular formula is C27H23NO3. The zero-order valence-electron chi connectivity index (χ0n) is 17.4. The first-order chi connectivity index (χ1) is 14.9. The quantitative estimate of drug-likeness (QED) is 0.391. The predicted octanol–water partition coefficient (Wildman–Crippen LogP) is 6.58. The van der Waals surface area contributed by atoms with Gasteiger partial charge in [-0.2, -0.15) is 0 Å². The summed E-state index contributed by atoms with van der Waals surface area (Å²) in [4.78, 5) is 23.9. The minimum absolute atomic E-state index is 0.178. The molecule has 4 aromatic rings. The second kappa shape index (κ2) is 8.44. The number of nitrogens with one attached hydrogen (secondary N) is 1. The van der Waals surface area contributed by atoms with E-state index >= 15 is 0 Å². The van der Waals surface area contributed by atoms with Gasteiger partial charge in [-0.1, -0.05) is 62.4 Å². The second-order valence-corrected chi connectivity index (χ2v) is 7.82.